The van der Waals surface area contributed by atoms with E-state index in [-0.39, 0.29) is 11.8 Å². The second kappa shape index (κ2) is 5.60. The largest absolute Gasteiger partial charge is 0.337 e. The molecule has 0 bridgehead atoms. The van der Waals surface area contributed by atoms with Crippen molar-refractivity contribution in [2.75, 3.05) is 5.32 Å². The minimum Gasteiger partial charge on any atom is -0.337 e. The molecule has 1 unspecified atom stereocenters. The van der Waals surface area contributed by atoms with Gasteiger partial charge in [0.05, 0.1) is 23.6 Å². The number of hydrogen-bond donors (Lipinski definition) is 1. The van der Waals surface area contributed by atoms with Crippen LogP contribution in [0.1, 0.15) is 47.6 Å². The van der Waals surface area contributed by atoms with Crippen molar-refractivity contribution < 1.29 is 4.79 Å². The maximum Gasteiger partial charge on any atom is 0.235 e. The number of thiazole rings is 1. The number of hydrogen-bond acceptors (Lipinski definition) is 4. The molecule has 1 N–H and O–H groups in total. The highest BCUT2D eigenvalue weighted by Crippen LogP contribution is 2.32. The van der Waals surface area contributed by atoms with Crippen molar-refractivity contribution in [2.24, 2.45) is 7.05 Å². The third-order valence-corrected chi connectivity index (χ3v) is 5.31. The Morgan fingerprint density at radius 3 is 3.10 bits per heavy atom. The Morgan fingerprint density at radius 2 is 2.38 bits per heavy atom. The Balaban J connectivity index is 1.80. The van der Waals surface area contributed by atoms with Crippen LogP contribution in [-0.4, -0.2) is 20.4 Å². The Hall–Kier alpha value is -1.69. The smallest absolute Gasteiger partial charge is 0.235 e. The van der Waals surface area contributed by atoms with Crippen LogP contribution in [0.4, 0.5) is 5.13 Å². The van der Waals surface area contributed by atoms with E-state index >= 15 is 0 Å². The van der Waals surface area contributed by atoms with E-state index in [0.29, 0.717) is 5.13 Å². The van der Waals surface area contributed by atoms with E-state index in [0.717, 1.165) is 37.1 Å². The van der Waals surface area contributed by atoms with Crippen LogP contribution in [0.15, 0.2) is 6.33 Å². The second-order valence-corrected chi connectivity index (χ2v) is 6.59. The van der Waals surface area contributed by atoms with Crippen molar-refractivity contribution in [3.05, 3.63) is 28.3 Å². The third kappa shape index (κ3) is 2.60. The van der Waals surface area contributed by atoms with Gasteiger partial charge in [-0.3, -0.25) is 4.79 Å². The predicted molar refractivity (Wildman–Crippen MR) is 83.7 cm³/mol. The van der Waals surface area contributed by atoms with Gasteiger partial charge >= 0.3 is 0 Å². The maximum absolute atomic E-state index is 12.6. The number of amides is 1. The number of anilines is 1. The molecule has 1 aliphatic rings. The second-order valence-electron chi connectivity index (χ2n) is 5.50. The lowest BCUT2D eigenvalue weighted by atomic mass is 9.89. The Morgan fingerprint density at radius 1 is 1.57 bits per heavy atom. The molecule has 0 saturated carbocycles. The molecule has 0 aromatic carbocycles. The zero-order valence-corrected chi connectivity index (χ0v) is 13.5. The highest BCUT2D eigenvalue weighted by molar-refractivity contribution is 7.15. The first-order chi connectivity index (χ1) is 10.1. The molecule has 112 valence electrons. The fourth-order valence-electron chi connectivity index (χ4n) is 2.94. The van der Waals surface area contributed by atoms with Gasteiger partial charge in [-0.2, -0.15) is 0 Å². The highest BCUT2D eigenvalue weighted by Gasteiger charge is 2.30. The molecule has 0 fully saturated rings. The number of imidazole rings is 1. The molecule has 0 aliphatic heterocycles. The minimum atomic E-state index is -0.149. The molecule has 2 heterocycles. The van der Waals surface area contributed by atoms with Gasteiger partial charge in [0, 0.05) is 17.6 Å². The fraction of sp³-hybridized carbons (Fsp3) is 0.533. The summed E-state index contributed by atoms with van der Waals surface area (Å²) in [7, 11) is 1.99. The third-order valence-electron chi connectivity index (χ3n) is 4.09. The van der Waals surface area contributed by atoms with Crippen molar-refractivity contribution in [2.45, 2.75) is 45.4 Å². The van der Waals surface area contributed by atoms with Gasteiger partial charge in [0.1, 0.15) is 0 Å². The van der Waals surface area contributed by atoms with Gasteiger partial charge in [-0.25, -0.2) is 9.97 Å². The minimum absolute atomic E-state index is 0.0195. The zero-order valence-electron chi connectivity index (χ0n) is 12.6. The fourth-order valence-corrected chi connectivity index (χ4v) is 3.84. The molecule has 21 heavy (non-hydrogen) atoms. The van der Waals surface area contributed by atoms with Crippen LogP contribution in [0.3, 0.4) is 0 Å². The van der Waals surface area contributed by atoms with Crippen LogP contribution < -0.4 is 5.32 Å². The first-order valence-electron chi connectivity index (χ1n) is 7.37. The standard InChI is InChI=1S/C15H20N4OS/c1-4-12-9(2)17-15(21-12)18-14(20)10-6-5-7-11-13(10)16-8-19(11)3/h8,10H,4-7H2,1-3H3,(H,17,18,20). The molecule has 2 aromatic rings. The van der Waals surface area contributed by atoms with E-state index in [9.17, 15) is 4.79 Å². The summed E-state index contributed by atoms with van der Waals surface area (Å²) in [6.45, 7) is 4.09. The Kier molecular flexibility index (Phi) is 3.80. The number of nitrogens with one attached hydrogen (secondary N) is 1. The molecule has 3 rings (SSSR count). The van der Waals surface area contributed by atoms with Crippen molar-refractivity contribution in [1.82, 2.24) is 14.5 Å². The lowest BCUT2D eigenvalue weighted by Crippen LogP contribution is -2.25. The first kappa shape index (κ1) is 14.3. The quantitative estimate of drug-likeness (QED) is 0.948. The Labute approximate surface area is 128 Å². The van der Waals surface area contributed by atoms with E-state index in [2.05, 4.69) is 22.2 Å². The van der Waals surface area contributed by atoms with Gasteiger partial charge in [-0.05, 0) is 32.6 Å². The number of fused-ring (bicyclic) bond motifs is 1. The summed E-state index contributed by atoms with van der Waals surface area (Å²) < 4.78 is 2.03. The maximum atomic E-state index is 12.6. The molecule has 2 aromatic heterocycles. The molecule has 0 saturated heterocycles. The lowest BCUT2D eigenvalue weighted by Gasteiger charge is -2.20. The molecule has 5 nitrogen and oxygen atoms in total. The van der Waals surface area contributed by atoms with Crippen LogP contribution in [0.2, 0.25) is 0 Å². The summed E-state index contributed by atoms with van der Waals surface area (Å²) in [4.78, 5) is 22.6. The van der Waals surface area contributed by atoms with E-state index in [4.69, 9.17) is 0 Å². The molecule has 6 heteroatoms. The van der Waals surface area contributed by atoms with Crippen molar-refractivity contribution in [3.63, 3.8) is 0 Å². The van der Waals surface area contributed by atoms with E-state index in [1.807, 2.05) is 18.5 Å². The van der Waals surface area contributed by atoms with E-state index in [1.165, 1.54) is 10.6 Å². The molecule has 1 aliphatic carbocycles. The molecule has 1 atom stereocenters. The van der Waals surface area contributed by atoms with Crippen molar-refractivity contribution in [1.29, 1.82) is 0 Å². The summed E-state index contributed by atoms with van der Waals surface area (Å²) in [5.41, 5.74) is 3.14. The summed E-state index contributed by atoms with van der Waals surface area (Å²) in [5.74, 6) is -0.129. The first-order valence-corrected chi connectivity index (χ1v) is 8.19. The summed E-state index contributed by atoms with van der Waals surface area (Å²) >= 11 is 1.57. The number of rotatable bonds is 3. The predicted octanol–water partition coefficient (Wildman–Crippen LogP) is 2.81. The summed E-state index contributed by atoms with van der Waals surface area (Å²) in [6, 6.07) is 0. The van der Waals surface area contributed by atoms with Crippen molar-refractivity contribution >= 4 is 22.4 Å². The number of carbonyl (C=O) groups is 1. The average Bonchev–Trinajstić information content (AvgIpc) is 3.02. The molecular formula is C15H20N4OS. The number of nitrogens with zero attached hydrogens (tertiary/aromatic N) is 3. The lowest BCUT2D eigenvalue weighted by molar-refractivity contribution is -0.118. The van der Waals surface area contributed by atoms with Crippen LogP contribution in [0.5, 0.6) is 0 Å². The SMILES string of the molecule is CCc1sc(NC(=O)C2CCCc3c2ncn3C)nc1C. The average molecular weight is 304 g/mol. The number of aryl methyl sites for hydroxylation is 3. The monoisotopic (exact) mass is 304 g/mol. The van der Waals surface area contributed by atoms with Crippen molar-refractivity contribution in [3.8, 4) is 0 Å². The molecule has 0 radical (unpaired) electrons. The van der Waals surface area contributed by atoms with Gasteiger partial charge in [-0.15, -0.1) is 11.3 Å². The van der Waals surface area contributed by atoms with E-state index < -0.39 is 0 Å². The van der Waals surface area contributed by atoms with Crippen LogP contribution in [-0.2, 0) is 24.7 Å². The zero-order chi connectivity index (χ0) is 15.0. The normalized spacial score (nSPS) is 17.6. The summed E-state index contributed by atoms with van der Waals surface area (Å²) in [6.07, 6.45) is 5.65. The number of aromatic nitrogens is 3. The molecule has 1 amide bonds. The highest BCUT2D eigenvalue weighted by atomic mass is 32.1. The number of carbonyl (C=O) groups excluding carboxylic acids is 1. The van der Waals surface area contributed by atoms with E-state index in [1.54, 1.807) is 17.7 Å². The van der Waals surface area contributed by atoms with Crippen LogP contribution in [0.25, 0.3) is 0 Å². The van der Waals surface area contributed by atoms with Gasteiger partial charge < -0.3 is 9.88 Å². The van der Waals surface area contributed by atoms with Crippen LogP contribution in [0, 0.1) is 6.92 Å². The molecular weight excluding hydrogens is 284 g/mol. The van der Waals surface area contributed by atoms with Gasteiger partial charge in [-0.1, -0.05) is 6.92 Å². The topological polar surface area (TPSA) is 59.8 Å². The van der Waals surface area contributed by atoms with Gasteiger partial charge in [0.2, 0.25) is 5.91 Å². The van der Waals surface area contributed by atoms with Gasteiger partial charge in [0.25, 0.3) is 0 Å². The molecule has 0 spiro atoms. The van der Waals surface area contributed by atoms with Gasteiger partial charge in [0.15, 0.2) is 5.13 Å². The van der Waals surface area contributed by atoms with Crippen LogP contribution >= 0.6 is 11.3 Å². The summed E-state index contributed by atoms with van der Waals surface area (Å²) in [5, 5.41) is 3.68. The Bertz CT molecular complexity index is 673.